The smallest absolute Gasteiger partial charge is 0.408 e. The van der Waals surface area contributed by atoms with Gasteiger partial charge in [-0.05, 0) is 56.2 Å². The van der Waals surface area contributed by atoms with Gasteiger partial charge >= 0.3 is 5.76 Å². The van der Waals surface area contributed by atoms with Crippen LogP contribution >= 0.6 is 0 Å². The Morgan fingerprint density at radius 3 is 2.70 bits per heavy atom. The zero-order valence-corrected chi connectivity index (χ0v) is 17.3. The molecule has 1 atom stereocenters. The Labute approximate surface area is 173 Å². The van der Waals surface area contributed by atoms with E-state index in [1.165, 1.54) is 17.0 Å². The van der Waals surface area contributed by atoms with Crippen LogP contribution in [0.25, 0.3) is 11.1 Å². The molecular formula is C20H21N3O6S. The van der Waals surface area contributed by atoms with Gasteiger partial charge in [0.05, 0.1) is 11.1 Å². The van der Waals surface area contributed by atoms with Crippen LogP contribution in [0.5, 0.6) is 0 Å². The van der Waals surface area contributed by atoms with Gasteiger partial charge in [0.25, 0.3) is 5.91 Å². The van der Waals surface area contributed by atoms with Crippen LogP contribution in [-0.2, 0) is 21.2 Å². The normalized spacial score (nSPS) is 16.5. The topological polar surface area (TPSA) is 145 Å². The number of amides is 1. The standard InChI is InChI=1S/C20H21N3O6S/c1-19(17(24)22-26,30(2,27)28)11-12-23-15-7-6-14(13-16(15)29-18(23)25)5-3-4-8-20(21)9-10-20/h6-7,13,26H,9-12,21H2,1-2H3,(H,22,24). The van der Waals surface area contributed by atoms with E-state index in [2.05, 4.69) is 23.7 Å². The zero-order chi connectivity index (χ0) is 22.2. The Morgan fingerprint density at radius 1 is 1.40 bits per heavy atom. The Hall–Kier alpha value is -3.05. The summed E-state index contributed by atoms with van der Waals surface area (Å²) in [6.45, 7) is 1.07. The van der Waals surface area contributed by atoms with E-state index in [1.807, 2.05) is 0 Å². The molecule has 1 amide bonds. The third-order valence-corrected chi connectivity index (χ3v) is 7.28. The van der Waals surface area contributed by atoms with E-state index < -0.39 is 31.8 Å². The SMILES string of the molecule is CC(CCn1c(=O)oc2cc(C#CC#CC3(N)CC3)ccc21)(C(=O)NO)S(C)(=O)=O. The van der Waals surface area contributed by atoms with Gasteiger partial charge < -0.3 is 10.2 Å². The second-order valence-electron chi connectivity index (χ2n) is 7.55. The van der Waals surface area contributed by atoms with Crippen LogP contribution in [0.4, 0.5) is 0 Å². The van der Waals surface area contributed by atoms with Crippen molar-refractivity contribution in [3.05, 3.63) is 34.3 Å². The maximum atomic E-state index is 12.3. The van der Waals surface area contributed by atoms with Crippen LogP contribution in [0.15, 0.2) is 27.4 Å². The Balaban J connectivity index is 1.86. The van der Waals surface area contributed by atoms with Gasteiger partial charge in [-0.1, -0.05) is 11.8 Å². The number of hydroxylamine groups is 1. The fourth-order valence-electron chi connectivity index (χ4n) is 2.79. The number of fused-ring (bicyclic) bond motifs is 1. The molecule has 1 aromatic carbocycles. The first-order valence-electron chi connectivity index (χ1n) is 9.09. The molecule has 0 bridgehead atoms. The molecule has 1 aliphatic rings. The summed E-state index contributed by atoms with van der Waals surface area (Å²) in [4.78, 5) is 24.2. The summed E-state index contributed by atoms with van der Waals surface area (Å²) in [5.41, 5.74) is 8.11. The largest absolute Gasteiger partial charge is 0.419 e. The predicted octanol–water partition coefficient (Wildman–Crippen LogP) is 0.140. The van der Waals surface area contributed by atoms with Gasteiger partial charge in [0.15, 0.2) is 20.2 Å². The van der Waals surface area contributed by atoms with Crippen molar-refractivity contribution >= 4 is 26.8 Å². The van der Waals surface area contributed by atoms with Gasteiger partial charge in [-0.3, -0.25) is 14.6 Å². The summed E-state index contributed by atoms with van der Waals surface area (Å²) in [6.07, 6.45) is 2.38. The van der Waals surface area contributed by atoms with E-state index in [0.717, 1.165) is 19.1 Å². The van der Waals surface area contributed by atoms with Crippen LogP contribution in [0.3, 0.4) is 0 Å². The first kappa shape index (κ1) is 21.7. The van der Waals surface area contributed by atoms with E-state index >= 15 is 0 Å². The van der Waals surface area contributed by atoms with E-state index in [-0.39, 0.29) is 18.5 Å². The number of nitrogens with one attached hydrogen (secondary N) is 1. The van der Waals surface area contributed by atoms with Gasteiger partial charge in [0.2, 0.25) is 0 Å². The number of hydrogen-bond donors (Lipinski definition) is 3. The highest BCUT2D eigenvalue weighted by molar-refractivity contribution is 7.92. The van der Waals surface area contributed by atoms with Crippen molar-refractivity contribution < 1.29 is 22.8 Å². The fraction of sp³-hybridized carbons (Fsp3) is 0.400. The minimum atomic E-state index is -3.88. The number of aromatic nitrogens is 1. The summed E-state index contributed by atoms with van der Waals surface area (Å²) < 4.78 is 28.7. The first-order chi connectivity index (χ1) is 14.0. The monoisotopic (exact) mass is 431 g/mol. The molecule has 1 aromatic heterocycles. The average Bonchev–Trinajstić information content (AvgIpc) is 3.33. The van der Waals surface area contributed by atoms with Crippen LogP contribution in [0.2, 0.25) is 0 Å². The molecule has 4 N–H and O–H groups in total. The summed E-state index contributed by atoms with van der Waals surface area (Å²) in [5.74, 6) is 9.40. The highest BCUT2D eigenvalue weighted by Crippen LogP contribution is 2.30. The van der Waals surface area contributed by atoms with Gasteiger partial charge in [0, 0.05) is 18.4 Å². The third kappa shape index (κ3) is 4.26. The van der Waals surface area contributed by atoms with E-state index in [9.17, 15) is 18.0 Å². The lowest BCUT2D eigenvalue weighted by Gasteiger charge is -2.24. The molecule has 9 nitrogen and oxygen atoms in total. The second-order valence-corrected chi connectivity index (χ2v) is 10.00. The van der Waals surface area contributed by atoms with Crippen molar-refractivity contribution in [2.24, 2.45) is 5.73 Å². The maximum absolute atomic E-state index is 12.3. The molecular weight excluding hydrogens is 410 g/mol. The molecule has 10 heteroatoms. The number of sulfone groups is 1. The molecule has 0 aliphatic heterocycles. The maximum Gasteiger partial charge on any atom is 0.419 e. The molecule has 158 valence electrons. The van der Waals surface area contributed by atoms with E-state index in [4.69, 9.17) is 15.4 Å². The molecule has 30 heavy (non-hydrogen) atoms. The molecule has 0 radical (unpaired) electrons. The molecule has 1 heterocycles. The minimum Gasteiger partial charge on any atom is -0.408 e. The predicted molar refractivity (Wildman–Crippen MR) is 109 cm³/mol. The number of benzene rings is 1. The molecule has 2 aromatic rings. The molecule has 1 fully saturated rings. The van der Waals surface area contributed by atoms with Crippen LogP contribution in [0.1, 0.15) is 31.7 Å². The second kappa shape index (κ2) is 7.65. The van der Waals surface area contributed by atoms with Crippen molar-refractivity contribution in [2.45, 2.75) is 43.0 Å². The highest BCUT2D eigenvalue weighted by Gasteiger charge is 2.43. The molecule has 3 rings (SSSR count). The van der Waals surface area contributed by atoms with Gasteiger partial charge in [-0.2, -0.15) is 0 Å². The van der Waals surface area contributed by atoms with Gasteiger partial charge in [-0.15, -0.1) is 0 Å². The molecule has 1 saturated carbocycles. The molecule has 0 spiro atoms. The fourth-order valence-corrected chi connectivity index (χ4v) is 3.63. The number of carbonyl (C=O) groups is 1. The number of rotatable bonds is 5. The lowest BCUT2D eigenvalue weighted by atomic mass is 10.1. The number of nitrogens with two attached hydrogens (primary N) is 1. The van der Waals surface area contributed by atoms with Crippen molar-refractivity contribution in [1.29, 1.82) is 0 Å². The Kier molecular flexibility index (Phi) is 5.52. The van der Waals surface area contributed by atoms with Crippen molar-refractivity contribution in [2.75, 3.05) is 6.26 Å². The van der Waals surface area contributed by atoms with Crippen LogP contribution < -0.4 is 17.0 Å². The number of hydrogen-bond acceptors (Lipinski definition) is 7. The number of nitrogens with zero attached hydrogens (tertiary/aromatic N) is 1. The highest BCUT2D eigenvalue weighted by atomic mass is 32.2. The zero-order valence-electron chi connectivity index (χ0n) is 16.5. The average molecular weight is 431 g/mol. The number of oxazole rings is 1. The lowest BCUT2D eigenvalue weighted by molar-refractivity contribution is -0.131. The van der Waals surface area contributed by atoms with Crippen molar-refractivity contribution in [3.63, 3.8) is 0 Å². The quantitative estimate of drug-likeness (QED) is 0.347. The molecule has 0 saturated heterocycles. The number of aryl methyl sites for hydroxylation is 1. The van der Waals surface area contributed by atoms with Gasteiger partial charge in [0.1, 0.15) is 0 Å². The summed E-state index contributed by atoms with van der Waals surface area (Å²) in [6, 6.07) is 4.87. The minimum absolute atomic E-state index is 0.113. The summed E-state index contributed by atoms with van der Waals surface area (Å²) in [5, 5.41) is 8.90. The van der Waals surface area contributed by atoms with Crippen LogP contribution in [-0.4, -0.2) is 40.6 Å². The van der Waals surface area contributed by atoms with Crippen LogP contribution in [0, 0.1) is 23.7 Å². The third-order valence-electron chi connectivity index (χ3n) is 5.25. The first-order valence-corrected chi connectivity index (χ1v) is 11.0. The van der Waals surface area contributed by atoms with E-state index in [1.54, 1.807) is 18.2 Å². The summed E-state index contributed by atoms with van der Waals surface area (Å²) in [7, 11) is -3.88. The van der Waals surface area contributed by atoms with Gasteiger partial charge in [-0.25, -0.2) is 18.7 Å². The Bertz CT molecular complexity index is 1300. The number of carbonyl (C=O) groups excluding carboxylic acids is 1. The molecule has 1 unspecified atom stereocenters. The van der Waals surface area contributed by atoms with Crippen molar-refractivity contribution in [1.82, 2.24) is 10.0 Å². The van der Waals surface area contributed by atoms with E-state index in [0.29, 0.717) is 11.1 Å². The summed E-state index contributed by atoms with van der Waals surface area (Å²) >= 11 is 0. The Morgan fingerprint density at radius 2 is 2.10 bits per heavy atom. The molecule has 1 aliphatic carbocycles. The van der Waals surface area contributed by atoms with Crippen molar-refractivity contribution in [3.8, 4) is 23.7 Å². The lowest BCUT2D eigenvalue weighted by Crippen LogP contribution is -2.49.